The quantitative estimate of drug-likeness (QED) is 0.228. The number of aliphatic hydroxyl groups is 5. The van der Waals surface area contributed by atoms with Crippen molar-refractivity contribution in [1.82, 2.24) is 0 Å². The largest absolute Gasteiger partial charge is 0.497 e. The van der Waals surface area contributed by atoms with Crippen LogP contribution in [0.2, 0.25) is 0 Å². The second kappa shape index (κ2) is 8.73. The molecular weight excluding hydrogens is 456 g/mol. The van der Waals surface area contributed by atoms with E-state index >= 15 is 0 Å². The molecular formula is C22H26O12. The van der Waals surface area contributed by atoms with Gasteiger partial charge in [-0.05, 0) is 30.3 Å². The lowest BCUT2D eigenvalue weighted by Gasteiger charge is -2.42. The van der Waals surface area contributed by atoms with E-state index in [1.165, 1.54) is 13.4 Å². The van der Waals surface area contributed by atoms with Crippen LogP contribution in [0.25, 0.3) is 0 Å². The third kappa shape index (κ3) is 3.67. The van der Waals surface area contributed by atoms with E-state index < -0.39 is 79.4 Å². The van der Waals surface area contributed by atoms with E-state index in [9.17, 15) is 30.3 Å². The van der Waals surface area contributed by atoms with Gasteiger partial charge in [0.2, 0.25) is 6.29 Å². The zero-order valence-corrected chi connectivity index (χ0v) is 18.0. The molecule has 186 valence electrons. The predicted molar refractivity (Wildman–Crippen MR) is 108 cm³/mol. The van der Waals surface area contributed by atoms with Crippen LogP contribution in [0.1, 0.15) is 10.4 Å². The fourth-order valence-electron chi connectivity index (χ4n) is 4.97. The number of hydrogen-bond acceptors (Lipinski definition) is 12. The standard InChI is InChI=1S/C22H26O12/c1-29-10-4-2-9(3-5-10)18(27)31-16-11-6-7-30-20(12(11)22(8-23)17(16)34-22)33-21-15(26)13(24)14(25)19(28)32-21/h2-7,11-17,19-21,23-26,28H,8H2,1H3/t11-,12-,13?,14-,15+,16+,17+,19?,20+,21+,22-/m1/s1. The number of hydrogen-bond donors (Lipinski definition) is 5. The Labute approximate surface area is 193 Å². The summed E-state index contributed by atoms with van der Waals surface area (Å²) in [7, 11) is 1.52. The molecule has 0 aromatic heterocycles. The first-order valence-electron chi connectivity index (χ1n) is 10.8. The first-order chi connectivity index (χ1) is 16.3. The van der Waals surface area contributed by atoms with Crippen LogP contribution in [0.5, 0.6) is 5.75 Å². The molecule has 5 N–H and O–H groups in total. The molecule has 1 aliphatic carbocycles. The van der Waals surface area contributed by atoms with Crippen LogP contribution in [-0.4, -0.2) is 100 Å². The molecule has 12 nitrogen and oxygen atoms in total. The Morgan fingerprint density at radius 1 is 1.06 bits per heavy atom. The SMILES string of the molecule is COc1ccc(C(=O)O[C@H]2[C@@H]3C=CO[C@@H](O[C@@H]4OC(O)[C@H](O)C(O)[C@@H]4O)[C@@H]3[C@@]3(CO)O[C@@H]23)cc1. The number of carbonyl (C=O) groups is 1. The number of epoxide rings is 1. The lowest BCUT2D eigenvalue weighted by atomic mass is 9.85. The zero-order chi connectivity index (χ0) is 24.2. The van der Waals surface area contributed by atoms with Gasteiger partial charge in [-0.15, -0.1) is 0 Å². The van der Waals surface area contributed by atoms with Gasteiger partial charge in [0.05, 0.1) is 31.5 Å². The highest BCUT2D eigenvalue weighted by Crippen LogP contribution is 2.60. The van der Waals surface area contributed by atoms with Crippen LogP contribution < -0.4 is 4.74 Å². The highest BCUT2D eigenvalue weighted by molar-refractivity contribution is 5.89. The number of aliphatic hydroxyl groups excluding tert-OH is 5. The Balaban J connectivity index is 1.33. The fourth-order valence-corrected chi connectivity index (χ4v) is 4.97. The topological polar surface area (TPSA) is 177 Å². The Hall–Kier alpha value is -2.29. The van der Waals surface area contributed by atoms with Crippen molar-refractivity contribution in [3.8, 4) is 5.75 Å². The summed E-state index contributed by atoms with van der Waals surface area (Å²) in [5, 5.41) is 49.7. The van der Waals surface area contributed by atoms with E-state index in [4.69, 9.17) is 28.4 Å². The molecule has 12 heteroatoms. The van der Waals surface area contributed by atoms with Gasteiger partial charge in [0.1, 0.15) is 41.9 Å². The lowest BCUT2D eigenvalue weighted by molar-refractivity contribution is -0.371. The van der Waals surface area contributed by atoms with Crippen LogP contribution in [0.4, 0.5) is 0 Å². The molecule has 5 rings (SSSR count). The van der Waals surface area contributed by atoms with Crippen LogP contribution in [0.3, 0.4) is 0 Å². The lowest BCUT2D eigenvalue weighted by Crippen LogP contribution is -2.59. The van der Waals surface area contributed by atoms with E-state index in [0.29, 0.717) is 11.3 Å². The molecule has 34 heavy (non-hydrogen) atoms. The van der Waals surface area contributed by atoms with Crippen LogP contribution in [-0.2, 0) is 23.7 Å². The van der Waals surface area contributed by atoms with Gasteiger partial charge in [0.25, 0.3) is 0 Å². The third-order valence-corrected chi connectivity index (χ3v) is 6.86. The van der Waals surface area contributed by atoms with Gasteiger partial charge in [0, 0.05) is 5.92 Å². The molecule has 1 aromatic rings. The van der Waals surface area contributed by atoms with Gasteiger partial charge in [-0.1, -0.05) is 0 Å². The monoisotopic (exact) mass is 482 g/mol. The highest BCUT2D eigenvalue weighted by atomic mass is 16.8. The van der Waals surface area contributed by atoms with E-state index in [1.807, 2.05) is 0 Å². The van der Waals surface area contributed by atoms with E-state index in [1.54, 1.807) is 30.3 Å². The molecule has 0 radical (unpaired) electrons. The van der Waals surface area contributed by atoms with Crippen molar-refractivity contribution >= 4 is 5.97 Å². The Kier molecular flexibility index (Phi) is 6.02. The second-order valence-electron chi connectivity index (χ2n) is 8.69. The van der Waals surface area contributed by atoms with E-state index in [-0.39, 0.29) is 0 Å². The number of esters is 1. The number of rotatable bonds is 6. The molecule has 1 saturated carbocycles. The number of fused-ring (bicyclic) bond motifs is 3. The molecule has 0 amide bonds. The van der Waals surface area contributed by atoms with Gasteiger partial charge in [-0.25, -0.2) is 4.79 Å². The van der Waals surface area contributed by atoms with Crippen molar-refractivity contribution in [1.29, 1.82) is 0 Å². The number of ether oxygens (including phenoxy) is 6. The summed E-state index contributed by atoms with van der Waals surface area (Å²) in [6.45, 7) is -0.412. The summed E-state index contributed by atoms with van der Waals surface area (Å²) in [5.41, 5.74) is -0.815. The smallest absolute Gasteiger partial charge is 0.338 e. The summed E-state index contributed by atoms with van der Waals surface area (Å²) in [6, 6.07) is 6.40. The van der Waals surface area contributed by atoms with E-state index in [2.05, 4.69) is 0 Å². The van der Waals surface area contributed by atoms with Crippen molar-refractivity contribution in [2.75, 3.05) is 13.7 Å². The third-order valence-electron chi connectivity index (χ3n) is 6.86. The van der Waals surface area contributed by atoms with Gasteiger partial charge >= 0.3 is 5.97 Å². The summed E-state index contributed by atoms with van der Waals surface area (Å²) in [6.07, 6.45) is -7.97. The van der Waals surface area contributed by atoms with Gasteiger partial charge in [-0.3, -0.25) is 0 Å². The molecule has 3 aliphatic heterocycles. The maximum Gasteiger partial charge on any atom is 0.338 e. The molecule has 3 heterocycles. The minimum atomic E-state index is -1.79. The van der Waals surface area contributed by atoms with Crippen molar-refractivity contribution in [3.05, 3.63) is 42.2 Å². The summed E-state index contributed by atoms with van der Waals surface area (Å²) in [4.78, 5) is 12.8. The average Bonchev–Trinajstić information content (AvgIpc) is 3.53. The van der Waals surface area contributed by atoms with Crippen molar-refractivity contribution < 1.29 is 58.7 Å². The Bertz CT molecular complexity index is 936. The summed E-state index contributed by atoms with van der Waals surface area (Å²) in [5.74, 6) is -1.13. The first kappa shape index (κ1) is 23.5. The predicted octanol–water partition coefficient (Wildman–Crippen LogP) is -1.76. The maximum absolute atomic E-state index is 12.8. The Morgan fingerprint density at radius 3 is 2.47 bits per heavy atom. The molecule has 11 atom stereocenters. The van der Waals surface area contributed by atoms with Gasteiger partial charge < -0.3 is 54.0 Å². The van der Waals surface area contributed by atoms with Crippen molar-refractivity contribution in [2.45, 2.75) is 55.0 Å². The first-order valence-corrected chi connectivity index (χ1v) is 10.8. The normalized spacial score (nSPS) is 44.5. The van der Waals surface area contributed by atoms with E-state index in [0.717, 1.165) is 0 Å². The molecule has 2 unspecified atom stereocenters. The van der Waals surface area contributed by atoms with Gasteiger partial charge in [0.15, 0.2) is 12.6 Å². The second-order valence-corrected chi connectivity index (χ2v) is 8.69. The molecule has 0 bridgehead atoms. The van der Waals surface area contributed by atoms with Crippen molar-refractivity contribution in [3.63, 3.8) is 0 Å². The molecule has 1 aromatic carbocycles. The zero-order valence-electron chi connectivity index (χ0n) is 18.0. The summed E-state index contributed by atoms with van der Waals surface area (Å²) < 4.78 is 33.0. The molecule has 0 spiro atoms. The number of benzene rings is 1. The summed E-state index contributed by atoms with van der Waals surface area (Å²) >= 11 is 0. The number of methoxy groups -OCH3 is 1. The Morgan fingerprint density at radius 2 is 1.79 bits per heavy atom. The minimum Gasteiger partial charge on any atom is -0.497 e. The van der Waals surface area contributed by atoms with Crippen LogP contribution in [0.15, 0.2) is 36.6 Å². The fraction of sp³-hybridized carbons (Fsp3) is 0.591. The maximum atomic E-state index is 12.8. The van der Waals surface area contributed by atoms with Gasteiger partial charge in [-0.2, -0.15) is 0 Å². The molecule has 2 saturated heterocycles. The van der Waals surface area contributed by atoms with Crippen LogP contribution in [0, 0.1) is 11.8 Å². The highest BCUT2D eigenvalue weighted by Gasteiger charge is 2.77. The van der Waals surface area contributed by atoms with Crippen molar-refractivity contribution in [2.24, 2.45) is 11.8 Å². The minimum absolute atomic E-state index is 0.309. The molecule has 3 fully saturated rings. The molecule has 4 aliphatic rings. The average molecular weight is 482 g/mol. The number of carbonyl (C=O) groups excluding carboxylic acids is 1. The van der Waals surface area contributed by atoms with Crippen LogP contribution >= 0.6 is 0 Å².